The smallest absolute Gasteiger partial charge is 0.232 e. The molecule has 0 N–H and O–H groups in total. The molecule has 2 aromatic rings. The maximum atomic E-state index is 6.07. The maximum absolute atomic E-state index is 6.07. The molecule has 1 aliphatic carbocycles. The molecule has 24 heavy (non-hydrogen) atoms. The van der Waals surface area contributed by atoms with Crippen molar-refractivity contribution in [3.8, 4) is 5.88 Å². The lowest BCUT2D eigenvalue weighted by atomic mass is 9.98. The highest BCUT2D eigenvalue weighted by molar-refractivity contribution is 6.31. The lowest BCUT2D eigenvalue weighted by Gasteiger charge is -2.31. The zero-order valence-corrected chi connectivity index (χ0v) is 14.4. The van der Waals surface area contributed by atoms with Crippen molar-refractivity contribution in [3.63, 3.8) is 0 Å². The molecule has 2 fully saturated rings. The number of likely N-dealkylation sites (tertiary alicyclic amines) is 1. The minimum Gasteiger partial charge on any atom is -0.476 e. The molecule has 1 saturated carbocycles. The van der Waals surface area contributed by atoms with Gasteiger partial charge in [-0.05, 0) is 56.8 Å². The van der Waals surface area contributed by atoms with Crippen LogP contribution in [0.2, 0.25) is 5.02 Å². The van der Waals surface area contributed by atoms with Gasteiger partial charge >= 0.3 is 0 Å². The first kappa shape index (κ1) is 15.9. The van der Waals surface area contributed by atoms with Gasteiger partial charge in [0, 0.05) is 24.7 Å². The summed E-state index contributed by atoms with van der Waals surface area (Å²) in [6.45, 7) is 3.70. The van der Waals surface area contributed by atoms with Gasteiger partial charge in [-0.3, -0.25) is 4.90 Å². The van der Waals surface area contributed by atoms with Crippen molar-refractivity contribution in [2.75, 3.05) is 19.7 Å². The first-order valence-electron chi connectivity index (χ1n) is 8.69. The third-order valence-corrected chi connectivity index (χ3v) is 5.12. The van der Waals surface area contributed by atoms with Crippen molar-refractivity contribution in [2.45, 2.75) is 38.1 Å². The molecule has 0 bridgehead atoms. The Labute approximate surface area is 146 Å². The lowest BCUT2D eigenvalue weighted by molar-refractivity contribution is 0.132. The van der Waals surface area contributed by atoms with E-state index in [0.717, 1.165) is 43.9 Å². The van der Waals surface area contributed by atoms with E-state index in [4.69, 9.17) is 20.9 Å². The van der Waals surface area contributed by atoms with E-state index in [2.05, 4.69) is 21.1 Å². The summed E-state index contributed by atoms with van der Waals surface area (Å²) in [4.78, 5) is 6.61. The van der Waals surface area contributed by atoms with Gasteiger partial charge in [0.25, 0.3) is 0 Å². The molecule has 1 saturated heterocycles. The van der Waals surface area contributed by atoms with Gasteiger partial charge in [-0.2, -0.15) is 0 Å². The van der Waals surface area contributed by atoms with Crippen molar-refractivity contribution in [3.05, 3.63) is 40.9 Å². The van der Waals surface area contributed by atoms with Crippen LogP contribution in [0.3, 0.4) is 0 Å². The third-order valence-electron chi connectivity index (χ3n) is 4.83. The first-order valence-corrected chi connectivity index (χ1v) is 9.07. The maximum Gasteiger partial charge on any atom is 0.232 e. The van der Waals surface area contributed by atoms with Crippen LogP contribution in [-0.2, 0) is 6.54 Å². The summed E-state index contributed by atoms with van der Waals surface area (Å²) >= 11 is 6.07. The van der Waals surface area contributed by atoms with Gasteiger partial charge in [-0.25, -0.2) is 4.98 Å². The van der Waals surface area contributed by atoms with Crippen LogP contribution in [0.25, 0.3) is 0 Å². The average molecular weight is 348 g/mol. The van der Waals surface area contributed by atoms with Crippen molar-refractivity contribution in [1.82, 2.24) is 15.0 Å². The van der Waals surface area contributed by atoms with Crippen LogP contribution in [0, 0.1) is 5.92 Å². The van der Waals surface area contributed by atoms with Crippen molar-refractivity contribution in [2.24, 2.45) is 5.92 Å². The fraction of sp³-hybridized carbons (Fsp3) is 0.556. The Morgan fingerprint density at radius 3 is 2.83 bits per heavy atom. The second-order valence-corrected chi connectivity index (χ2v) is 7.22. The summed E-state index contributed by atoms with van der Waals surface area (Å²) < 4.78 is 11.2. The molecule has 1 aliphatic heterocycles. The van der Waals surface area contributed by atoms with Crippen LogP contribution in [0.1, 0.15) is 43.1 Å². The number of ether oxygens (including phenoxy) is 1. The highest BCUT2D eigenvalue weighted by Gasteiger charge is 2.28. The summed E-state index contributed by atoms with van der Waals surface area (Å²) in [5, 5.41) is 4.79. The van der Waals surface area contributed by atoms with Gasteiger partial charge in [-0.1, -0.05) is 16.8 Å². The van der Waals surface area contributed by atoms with Crippen LogP contribution >= 0.6 is 11.6 Å². The summed E-state index contributed by atoms with van der Waals surface area (Å²) in [6, 6.07) is 5.75. The minimum atomic E-state index is 0.539. The van der Waals surface area contributed by atoms with E-state index in [0.29, 0.717) is 29.3 Å². The normalized spacial score (nSPS) is 19.5. The number of pyridine rings is 1. The number of aromatic nitrogens is 2. The van der Waals surface area contributed by atoms with E-state index in [1.54, 1.807) is 12.3 Å². The third kappa shape index (κ3) is 3.90. The first-order chi connectivity index (χ1) is 11.8. The molecule has 128 valence electrons. The van der Waals surface area contributed by atoms with Crippen LogP contribution in [0.5, 0.6) is 5.88 Å². The van der Waals surface area contributed by atoms with E-state index in [9.17, 15) is 0 Å². The quantitative estimate of drug-likeness (QED) is 0.793. The molecule has 0 unspecified atom stereocenters. The fourth-order valence-corrected chi connectivity index (χ4v) is 3.35. The average Bonchev–Trinajstić information content (AvgIpc) is 3.35. The molecule has 6 heteroatoms. The Balaban J connectivity index is 1.22. The van der Waals surface area contributed by atoms with Gasteiger partial charge < -0.3 is 9.26 Å². The minimum absolute atomic E-state index is 0.539. The Hall–Kier alpha value is -1.59. The van der Waals surface area contributed by atoms with Gasteiger partial charge in [0.15, 0.2) is 0 Å². The number of hydrogen-bond acceptors (Lipinski definition) is 5. The van der Waals surface area contributed by atoms with Gasteiger partial charge in [0.2, 0.25) is 5.88 Å². The van der Waals surface area contributed by atoms with Crippen molar-refractivity contribution >= 4 is 11.6 Å². The van der Waals surface area contributed by atoms with Crippen LogP contribution in [0.15, 0.2) is 28.9 Å². The molecule has 0 spiro atoms. The topological polar surface area (TPSA) is 51.4 Å². The Bertz CT molecular complexity index is 678. The molecule has 2 aliphatic rings. The van der Waals surface area contributed by atoms with Crippen LogP contribution < -0.4 is 4.74 Å². The molecule has 5 nitrogen and oxygen atoms in total. The van der Waals surface area contributed by atoms with Crippen LogP contribution in [-0.4, -0.2) is 34.7 Å². The van der Waals surface area contributed by atoms with E-state index < -0.39 is 0 Å². The molecule has 0 radical (unpaired) electrons. The Morgan fingerprint density at radius 2 is 2.08 bits per heavy atom. The van der Waals surface area contributed by atoms with Gasteiger partial charge in [0.1, 0.15) is 10.8 Å². The molecule has 2 aromatic heterocycles. The second kappa shape index (κ2) is 7.11. The second-order valence-electron chi connectivity index (χ2n) is 6.82. The van der Waals surface area contributed by atoms with E-state index in [1.165, 1.54) is 12.8 Å². The summed E-state index contributed by atoms with van der Waals surface area (Å²) in [5.41, 5.74) is 1.06. The van der Waals surface area contributed by atoms with E-state index in [-0.39, 0.29) is 0 Å². The number of rotatable bonds is 6. The van der Waals surface area contributed by atoms with Crippen molar-refractivity contribution in [1.29, 1.82) is 0 Å². The molecular formula is C18H22ClN3O2. The standard InChI is InChI=1S/C18H22ClN3O2/c19-16-2-1-7-20-18(16)23-12-13-5-8-22(9-6-13)11-15-10-17(24-21-15)14-3-4-14/h1-2,7,10,13-14H,3-6,8-9,11-12H2. The van der Waals surface area contributed by atoms with Gasteiger partial charge in [0.05, 0.1) is 12.3 Å². The summed E-state index contributed by atoms with van der Waals surface area (Å²) in [6.07, 6.45) is 6.45. The van der Waals surface area contributed by atoms with Crippen LogP contribution in [0.4, 0.5) is 0 Å². The monoisotopic (exact) mass is 347 g/mol. The van der Waals surface area contributed by atoms with Crippen molar-refractivity contribution < 1.29 is 9.26 Å². The van der Waals surface area contributed by atoms with E-state index in [1.807, 2.05) is 6.07 Å². The molecule has 0 atom stereocenters. The SMILES string of the molecule is Clc1cccnc1OCC1CCN(Cc2cc(C3CC3)on2)CC1. The molecule has 0 amide bonds. The molecule has 4 rings (SSSR count). The largest absolute Gasteiger partial charge is 0.476 e. The summed E-state index contributed by atoms with van der Waals surface area (Å²) in [5.74, 6) is 2.79. The fourth-order valence-electron chi connectivity index (χ4n) is 3.18. The molecule has 3 heterocycles. The Kier molecular flexibility index (Phi) is 4.72. The number of nitrogens with zero attached hydrogens (tertiary/aromatic N) is 3. The highest BCUT2D eigenvalue weighted by atomic mass is 35.5. The lowest BCUT2D eigenvalue weighted by Crippen LogP contribution is -2.35. The number of piperidine rings is 1. The predicted molar refractivity (Wildman–Crippen MR) is 91.2 cm³/mol. The zero-order chi connectivity index (χ0) is 16.4. The zero-order valence-electron chi connectivity index (χ0n) is 13.7. The highest BCUT2D eigenvalue weighted by Crippen LogP contribution is 2.40. The number of hydrogen-bond donors (Lipinski definition) is 0. The summed E-state index contributed by atoms with van der Waals surface area (Å²) in [7, 11) is 0. The predicted octanol–water partition coefficient (Wildman–Crippen LogP) is 3.89. The Morgan fingerprint density at radius 1 is 1.25 bits per heavy atom. The molecule has 0 aromatic carbocycles. The van der Waals surface area contributed by atoms with Gasteiger partial charge in [-0.15, -0.1) is 0 Å². The molecular weight excluding hydrogens is 326 g/mol. The number of halogens is 1. The van der Waals surface area contributed by atoms with E-state index >= 15 is 0 Å².